The van der Waals surface area contributed by atoms with Crippen LogP contribution in [0.3, 0.4) is 0 Å². The predicted molar refractivity (Wildman–Crippen MR) is 56.2 cm³/mol. The highest BCUT2D eigenvalue weighted by Crippen LogP contribution is 2.15. The van der Waals surface area contributed by atoms with E-state index in [0.717, 1.165) is 0 Å². The second-order valence-corrected chi connectivity index (χ2v) is 3.29. The van der Waals surface area contributed by atoms with Crippen molar-refractivity contribution in [3.63, 3.8) is 0 Å². The van der Waals surface area contributed by atoms with Crippen LogP contribution in [0, 0.1) is 11.6 Å². The van der Waals surface area contributed by atoms with Crippen LogP contribution in [-0.2, 0) is 0 Å². The van der Waals surface area contributed by atoms with Crippen molar-refractivity contribution in [1.29, 1.82) is 0 Å². The molecule has 16 heavy (non-hydrogen) atoms. The Morgan fingerprint density at radius 2 is 1.12 bits per heavy atom. The molecule has 0 radical (unpaired) electrons. The molecule has 80 valence electrons. The molecule has 0 fully saturated rings. The van der Waals surface area contributed by atoms with Crippen molar-refractivity contribution in [2.45, 2.75) is 0 Å². The van der Waals surface area contributed by atoms with Crippen LogP contribution in [0.2, 0.25) is 0 Å². The summed E-state index contributed by atoms with van der Waals surface area (Å²) in [6.45, 7) is 0. The average Bonchev–Trinajstić information content (AvgIpc) is 2.29. The molecule has 2 rings (SSSR count). The van der Waals surface area contributed by atoms with Gasteiger partial charge in [0, 0.05) is 0 Å². The SMILES string of the molecule is O=C(c1ccccc1[18F])c1ccccc1[18F]. The van der Waals surface area contributed by atoms with Gasteiger partial charge in [0.05, 0.1) is 11.1 Å². The first-order valence-corrected chi connectivity index (χ1v) is 4.74. The fourth-order valence-electron chi connectivity index (χ4n) is 1.44. The molecule has 0 spiro atoms. The van der Waals surface area contributed by atoms with E-state index in [4.69, 9.17) is 0 Å². The summed E-state index contributed by atoms with van der Waals surface area (Å²) in [5.41, 5.74) is -0.236. The molecule has 1 nitrogen and oxygen atoms in total. The van der Waals surface area contributed by atoms with Crippen LogP contribution >= 0.6 is 0 Å². The Morgan fingerprint density at radius 3 is 1.50 bits per heavy atom. The minimum atomic E-state index is -0.643. The summed E-state index contributed by atoms with van der Waals surface area (Å²) in [4.78, 5) is 11.8. The van der Waals surface area contributed by atoms with Crippen LogP contribution in [0.15, 0.2) is 48.5 Å². The Morgan fingerprint density at radius 1 is 0.750 bits per heavy atom. The van der Waals surface area contributed by atoms with Gasteiger partial charge in [0.25, 0.3) is 0 Å². The average molecular weight is 216 g/mol. The zero-order valence-corrected chi connectivity index (χ0v) is 8.28. The highest BCUT2D eigenvalue weighted by molar-refractivity contribution is 6.09. The molecule has 3 heteroatoms. The number of carbonyl (C=O) groups excluding carboxylic acids is 1. The lowest BCUT2D eigenvalue weighted by Crippen LogP contribution is -2.06. The molecule has 0 aliphatic carbocycles. The first kappa shape index (κ1) is 10.5. The van der Waals surface area contributed by atoms with Crippen molar-refractivity contribution in [3.05, 3.63) is 71.3 Å². The van der Waals surface area contributed by atoms with Gasteiger partial charge in [-0.25, -0.2) is 8.78 Å². The standard InChI is InChI=1S/C13H8F2O/c14-11-7-3-1-5-9(11)13(16)10-6-2-4-8-12(10)15/h1-8H/i14-1,15-1. The quantitative estimate of drug-likeness (QED) is 0.704. The Kier molecular flexibility index (Phi) is 2.77. The van der Waals surface area contributed by atoms with Crippen LogP contribution in [0.4, 0.5) is 8.78 Å². The summed E-state index contributed by atoms with van der Waals surface area (Å²) in [5, 5.41) is 0. The zero-order valence-electron chi connectivity index (χ0n) is 8.28. The Balaban J connectivity index is 2.48. The van der Waals surface area contributed by atoms with Crippen molar-refractivity contribution in [2.75, 3.05) is 0 Å². The van der Waals surface area contributed by atoms with Gasteiger partial charge < -0.3 is 0 Å². The topological polar surface area (TPSA) is 17.1 Å². The molecule has 0 atom stereocenters. The fourth-order valence-corrected chi connectivity index (χ4v) is 1.44. The van der Waals surface area contributed by atoms with E-state index in [0.29, 0.717) is 0 Å². The Hall–Kier alpha value is -2.03. The molecule has 2 aromatic carbocycles. The molecule has 0 aromatic heterocycles. The second-order valence-electron chi connectivity index (χ2n) is 3.29. The summed E-state index contributed by atoms with van der Waals surface area (Å²) in [7, 11) is 0. The van der Waals surface area contributed by atoms with Gasteiger partial charge in [-0.1, -0.05) is 24.3 Å². The van der Waals surface area contributed by atoms with E-state index in [1.54, 1.807) is 0 Å². The van der Waals surface area contributed by atoms with Gasteiger partial charge in [-0.05, 0) is 24.3 Å². The van der Waals surface area contributed by atoms with Crippen molar-refractivity contribution in [1.82, 2.24) is 0 Å². The summed E-state index contributed by atoms with van der Waals surface area (Å²) in [6.07, 6.45) is 0. The number of benzene rings is 2. The highest BCUT2D eigenvalue weighted by atomic mass is 18.2. The van der Waals surface area contributed by atoms with E-state index in [1.807, 2.05) is 0 Å². The monoisotopic (exact) mass is 216 g/mol. The summed E-state index contributed by atoms with van der Waals surface area (Å²) >= 11 is 0. The molecule has 0 heterocycles. The lowest BCUT2D eigenvalue weighted by atomic mass is 10.0. The Labute approximate surface area is 91.3 Å². The maximum atomic E-state index is 13.3. The smallest absolute Gasteiger partial charge is 0.198 e. The van der Waals surface area contributed by atoms with Gasteiger partial charge in [0.15, 0.2) is 5.78 Å². The second kappa shape index (κ2) is 4.23. The third-order valence-corrected chi connectivity index (χ3v) is 2.24. The molecule has 0 N–H and O–H groups in total. The van der Waals surface area contributed by atoms with E-state index in [9.17, 15) is 13.6 Å². The maximum Gasteiger partial charge on any atom is 0.198 e. The minimum absolute atomic E-state index is 0.118. The summed E-state index contributed by atoms with van der Waals surface area (Å²) < 4.78 is 26.6. The van der Waals surface area contributed by atoms with Crippen LogP contribution in [-0.4, -0.2) is 5.78 Å². The van der Waals surface area contributed by atoms with Gasteiger partial charge in [0.2, 0.25) is 0 Å². The van der Waals surface area contributed by atoms with Gasteiger partial charge in [-0.3, -0.25) is 4.79 Å². The highest BCUT2D eigenvalue weighted by Gasteiger charge is 2.16. The molecule has 0 aliphatic heterocycles. The largest absolute Gasteiger partial charge is 0.288 e. The van der Waals surface area contributed by atoms with E-state index in [1.165, 1.54) is 48.5 Å². The summed E-state index contributed by atoms with van der Waals surface area (Å²) in [5.74, 6) is -1.93. The van der Waals surface area contributed by atoms with E-state index in [2.05, 4.69) is 0 Å². The molecule has 0 saturated heterocycles. The van der Waals surface area contributed by atoms with Crippen molar-refractivity contribution in [2.24, 2.45) is 0 Å². The van der Waals surface area contributed by atoms with Crippen molar-refractivity contribution in [3.8, 4) is 0 Å². The minimum Gasteiger partial charge on any atom is -0.288 e. The lowest BCUT2D eigenvalue weighted by Gasteiger charge is -2.03. The molecular formula is C13H8F2O. The van der Waals surface area contributed by atoms with Crippen molar-refractivity contribution < 1.29 is 13.6 Å². The Bertz CT molecular complexity index is 487. The first-order chi connectivity index (χ1) is 7.70. The van der Waals surface area contributed by atoms with Crippen LogP contribution in [0.5, 0.6) is 0 Å². The van der Waals surface area contributed by atoms with Crippen LogP contribution < -0.4 is 0 Å². The van der Waals surface area contributed by atoms with Gasteiger partial charge >= 0.3 is 0 Å². The number of halogens is 2. The molecule has 0 bridgehead atoms. The van der Waals surface area contributed by atoms with E-state index in [-0.39, 0.29) is 11.1 Å². The fraction of sp³-hybridized carbons (Fsp3) is 0. The van der Waals surface area contributed by atoms with Crippen LogP contribution in [0.1, 0.15) is 15.9 Å². The van der Waals surface area contributed by atoms with E-state index >= 15 is 0 Å². The summed E-state index contributed by atoms with van der Waals surface area (Å²) in [6, 6.07) is 11.1. The zero-order chi connectivity index (χ0) is 11.5. The maximum absolute atomic E-state index is 13.3. The van der Waals surface area contributed by atoms with Crippen molar-refractivity contribution >= 4 is 5.78 Å². The van der Waals surface area contributed by atoms with Crippen LogP contribution in [0.25, 0.3) is 0 Å². The number of hydrogen-bond acceptors (Lipinski definition) is 1. The van der Waals surface area contributed by atoms with Gasteiger partial charge in [-0.2, -0.15) is 0 Å². The normalized spacial score (nSPS) is 10.1. The lowest BCUT2D eigenvalue weighted by molar-refractivity contribution is 0.103. The number of carbonyl (C=O) groups is 1. The number of ketones is 1. The molecule has 0 amide bonds. The molecular weight excluding hydrogens is 208 g/mol. The first-order valence-electron chi connectivity index (χ1n) is 4.74. The van der Waals surface area contributed by atoms with E-state index < -0.39 is 17.4 Å². The third-order valence-electron chi connectivity index (χ3n) is 2.24. The number of hydrogen-bond donors (Lipinski definition) is 0. The molecule has 0 saturated carbocycles. The molecule has 0 aliphatic rings. The third kappa shape index (κ3) is 1.84. The number of rotatable bonds is 2. The van der Waals surface area contributed by atoms with Gasteiger partial charge in [0.1, 0.15) is 11.6 Å². The predicted octanol–water partition coefficient (Wildman–Crippen LogP) is 3.20. The van der Waals surface area contributed by atoms with Gasteiger partial charge in [-0.15, -0.1) is 0 Å². The molecule has 2 aromatic rings. The molecule has 0 unspecified atom stereocenters.